The quantitative estimate of drug-likeness (QED) is 0.243. The highest BCUT2D eigenvalue weighted by Crippen LogP contribution is 2.63. The minimum atomic E-state index is -0.556. The van der Waals surface area contributed by atoms with Crippen LogP contribution in [-0.2, 0) is 0 Å². The maximum atomic E-state index is 2.75. The average Bonchev–Trinajstić information content (AvgIpc) is 3.50. The van der Waals surface area contributed by atoms with Gasteiger partial charge in [-0.2, -0.15) is 0 Å². The monoisotopic (exact) mass is 554 g/mol. The summed E-state index contributed by atoms with van der Waals surface area (Å²) < 4.78 is 0. The van der Waals surface area contributed by atoms with E-state index in [2.05, 4.69) is 91.9 Å². The number of hydrogen-bond donors (Lipinski definition) is 0. The maximum absolute atomic E-state index is 2.75. The first-order valence-corrected chi connectivity index (χ1v) is 19.0. The van der Waals surface area contributed by atoms with Gasteiger partial charge >= 0.3 is 0 Å². The van der Waals surface area contributed by atoms with Crippen LogP contribution >= 0.6 is 15.8 Å². The summed E-state index contributed by atoms with van der Waals surface area (Å²) in [6.07, 6.45) is 19.4. The van der Waals surface area contributed by atoms with Crippen LogP contribution in [0, 0.1) is 5.92 Å². The summed E-state index contributed by atoms with van der Waals surface area (Å²) in [6, 6.07) is 32.4. The normalized spacial score (nSPS) is 23.9. The van der Waals surface area contributed by atoms with E-state index in [-0.39, 0.29) is 7.92 Å². The number of hydrogen-bond acceptors (Lipinski definition) is 0. The smallest absolute Gasteiger partial charge is 0.0116 e. The molecule has 0 radical (unpaired) electrons. The van der Waals surface area contributed by atoms with Gasteiger partial charge in [-0.25, -0.2) is 0 Å². The third-order valence-electron chi connectivity index (χ3n) is 10.3. The molecule has 206 valence electrons. The molecular weight excluding hydrogens is 506 g/mol. The fraction of sp³-hybridized carbons (Fsp3) is 0.514. The Hall–Kier alpha value is -1.48. The zero-order valence-electron chi connectivity index (χ0n) is 24.1. The first-order valence-electron chi connectivity index (χ1n) is 16.1. The molecule has 0 N–H and O–H groups in total. The Balaban J connectivity index is 1.36. The third kappa shape index (κ3) is 6.24. The van der Waals surface area contributed by atoms with Crippen LogP contribution in [0.4, 0.5) is 0 Å². The van der Waals surface area contributed by atoms with Crippen molar-refractivity contribution in [3.8, 4) is 0 Å². The predicted octanol–water partition coefficient (Wildman–Crippen LogP) is 9.86. The van der Waals surface area contributed by atoms with Crippen molar-refractivity contribution in [2.75, 3.05) is 0 Å². The minimum absolute atomic E-state index is 0.106. The van der Waals surface area contributed by atoms with Crippen LogP contribution in [0.1, 0.15) is 102 Å². The molecule has 3 saturated carbocycles. The molecule has 3 aliphatic carbocycles. The van der Waals surface area contributed by atoms with Gasteiger partial charge in [0.2, 0.25) is 0 Å². The van der Waals surface area contributed by atoms with Gasteiger partial charge in [0.15, 0.2) is 0 Å². The maximum Gasteiger partial charge on any atom is -0.0116 e. The lowest BCUT2D eigenvalue weighted by molar-refractivity contribution is 0.446. The Labute approximate surface area is 240 Å². The largest absolute Gasteiger partial charge is 0.0971 e. The third-order valence-corrected chi connectivity index (χ3v) is 16.8. The van der Waals surface area contributed by atoms with E-state index >= 15 is 0 Å². The Bertz CT molecular complexity index is 1090. The number of benzene rings is 3. The molecule has 3 aromatic rings. The van der Waals surface area contributed by atoms with E-state index in [1.807, 2.05) is 0 Å². The van der Waals surface area contributed by atoms with Crippen molar-refractivity contribution in [3.63, 3.8) is 0 Å². The molecule has 0 aliphatic heterocycles. The van der Waals surface area contributed by atoms with Gasteiger partial charge in [0.25, 0.3) is 0 Å². The summed E-state index contributed by atoms with van der Waals surface area (Å²) >= 11 is 0. The fourth-order valence-corrected chi connectivity index (χ4v) is 15.7. The molecular formula is C37H48P2. The highest BCUT2D eigenvalue weighted by molar-refractivity contribution is 7.79. The average molecular weight is 555 g/mol. The van der Waals surface area contributed by atoms with Crippen LogP contribution in [-0.4, -0.2) is 17.0 Å². The Morgan fingerprint density at radius 2 is 1.05 bits per heavy atom. The van der Waals surface area contributed by atoms with Gasteiger partial charge in [0, 0.05) is 0 Å². The van der Waals surface area contributed by atoms with Crippen LogP contribution in [0.2, 0.25) is 0 Å². The van der Waals surface area contributed by atoms with E-state index in [0.29, 0.717) is 0 Å². The lowest BCUT2D eigenvalue weighted by atomic mass is 9.87. The number of rotatable bonds is 8. The predicted molar refractivity (Wildman–Crippen MR) is 175 cm³/mol. The molecule has 0 aromatic heterocycles. The molecule has 0 bridgehead atoms. The minimum Gasteiger partial charge on any atom is -0.0971 e. The summed E-state index contributed by atoms with van der Waals surface area (Å²) in [7, 11) is -0.449. The molecule has 2 heteroatoms. The molecule has 39 heavy (non-hydrogen) atoms. The second-order valence-electron chi connectivity index (χ2n) is 12.5. The summed E-state index contributed by atoms with van der Waals surface area (Å²) in [5.74, 6) is 1.59. The van der Waals surface area contributed by atoms with Crippen molar-refractivity contribution in [3.05, 3.63) is 90.5 Å². The standard InChI is InChI=1S/C37H48P2/c1-29(38(30-17-6-2-7-18-30)31-19-8-3-9-20-31)34-26-16-27-35(34)36-25-14-15-28-37(36)39(32-21-10-4-11-22-32)33-23-12-5-13-24-33/h4-5,10-15,21-25,28-31,34-35H,2-3,6-9,16-20,26-27H2,1H3. The van der Waals surface area contributed by atoms with Crippen molar-refractivity contribution in [1.29, 1.82) is 0 Å². The molecule has 0 nitrogen and oxygen atoms in total. The lowest BCUT2D eigenvalue weighted by Gasteiger charge is -2.45. The molecule has 0 heterocycles. The van der Waals surface area contributed by atoms with Crippen molar-refractivity contribution < 1.29 is 0 Å². The van der Waals surface area contributed by atoms with Crippen molar-refractivity contribution >= 4 is 31.8 Å². The second kappa shape index (κ2) is 13.5. The Morgan fingerprint density at radius 1 is 0.538 bits per heavy atom. The van der Waals surface area contributed by atoms with Gasteiger partial charge in [-0.15, -0.1) is 0 Å². The van der Waals surface area contributed by atoms with Crippen molar-refractivity contribution in [1.82, 2.24) is 0 Å². The van der Waals surface area contributed by atoms with E-state index in [4.69, 9.17) is 0 Å². The van der Waals surface area contributed by atoms with Crippen molar-refractivity contribution in [2.24, 2.45) is 5.92 Å². The molecule has 3 aliphatic rings. The highest BCUT2D eigenvalue weighted by Gasteiger charge is 2.42. The summed E-state index contributed by atoms with van der Waals surface area (Å²) in [4.78, 5) is 0. The molecule has 0 spiro atoms. The van der Waals surface area contributed by atoms with Crippen LogP contribution in [0.5, 0.6) is 0 Å². The van der Waals surface area contributed by atoms with Crippen LogP contribution in [0.25, 0.3) is 0 Å². The van der Waals surface area contributed by atoms with Gasteiger partial charge in [0.05, 0.1) is 0 Å². The molecule has 0 saturated heterocycles. The van der Waals surface area contributed by atoms with Gasteiger partial charge < -0.3 is 0 Å². The summed E-state index contributed by atoms with van der Waals surface area (Å²) in [6.45, 7) is 2.75. The highest BCUT2D eigenvalue weighted by atomic mass is 31.1. The molecule has 3 aromatic carbocycles. The van der Waals surface area contributed by atoms with Crippen LogP contribution in [0.3, 0.4) is 0 Å². The van der Waals surface area contributed by atoms with E-state index in [9.17, 15) is 0 Å². The zero-order chi connectivity index (χ0) is 26.4. The van der Waals surface area contributed by atoms with Gasteiger partial charge in [-0.3, -0.25) is 0 Å². The topological polar surface area (TPSA) is 0 Å². The first-order chi connectivity index (χ1) is 19.3. The second-order valence-corrected chi connectivity index (χ2v) is 17.9. The van der Waals surface area contributed by atoms with Crippen LogP contribution in [0.15, 0.2) is 84.9 Å². The van der Waals surface area contributed by atoms with Crippen LogP contribution < -0.4 is 15.9 Å². The fourth-order valence-electron chi connectivity index (χ4n) is 8.48. The lowest BCUT2D eigenvalue weighted by Crippen LogP contribution is -2.32. The van der Waals surface area contributed by atoms with Gasteiger partial charge in [-0.1, -0.05) is 145 Å². The van der Waals surface area contributed by atoms with Gasteiger partial charge in [0.1, 0.15) is 0 Å². The van der Waals surface area contributed by atoms with E-state index in [1.54, 1.807) is 10.9 Å². The first kappa shape index (κ1) is 27.7. The zero-order valence-corrected chi connectivity index (χ0v) is 25.8. The Kier molecular flexibility index (Phi) is 9.55. The SMILES string of the molecule is CC(C1CCCC1c1ccccc1P(c1ccccc1)c1ccccc1)P(C1CCCCC1)C1CCCCC1. The van der Waals surface area contributed by atoms with Gasteiger partial charge in [-0.05, 0) is 96.7 Å². The van der Waals surface area contributed by atoms with Crippen molar-refractivity contribution in [2.45, 2.75) is 113 Å². The van der Waals surface area contributed by atoms with E-state index in [0.717, 1.165) is 28.8 Å². The molecule has 3 unspecified atom stereocenters. The summed E-state index contributed by atoms with van der Waals surface area (Å²) in [5, 5.41) is 4.59. The van der Waals surface area contributed by atoms with E-state index < -0.39 is 7.92 Å². The molecule has 3 atom stereocenters. The molecule has 3 fully saturated rings. The Morgan fingerprint density at radius 3 is 1.62 bits per heavy atom. The van der Waals surface area contributed by atoms with E-state index in [1.165, 1.54) is 94.1 Å². The molecule has 6 rings (SSSR count). The summed E-state index contributed by atoms with van der Waals surface area (Å²) in [5.41, 5.74) is 4.70. The molecule has 0 amide bonds.